The van der Waals surface area contributed by atoms with Gasteiger partial charge in [-0.25, -0.2) is 5.43 Å². The highest BCUT2D eigenvalue weighted by molar-refractivity contribution is 7.87. The molecule has 9 nitrogen and oxygen atoms in total. The number of phenolic OH excluding ortho intramolecular Hbond substituents is 1. The molecule has 0 radical (unpaired) electrons. The van der Waals surface area contributed by atoms with E-state index in [1.807, 2.05) is 12.1 Å². The van der Waals surface area contributed by atoms with Crippen molar-refractivity contribution in [3.8, 4) is 23.0 Å². The lowest BCUT2D eigenvalue weighted by Crippen LogP contribution is -2.20. The Balaban J connectivity index is 1.69. The van der Waals surface area contributed by atoms with Gasteiger partial charge in [0.25, 0.3) is 0 Å². The van der Waals surface area contributed by atoms with Crippen LogP contribution in [0.15, 0.2) is 64.6 Å². The number of phenols is 1. The number of aromatic hydroxyl groups is 1. The van der Waals surface area contributed by atoms with Crippen LogP contribution in [0, 0.1) is 0 Å². The molecule has 0 heterocycles. The van der Waals surface area contributed by atoms with Crippen LogP contribution >= 0.6 is 0 Å². The summed E-state index contributed by atoms with van der Waals surface area (Å²) in [5.41, 5.74) is 5.26. The number of carbonyl (C=O) groups is 1. The normalized spacial score (nSPS) is 12.3. The molecule has 0 unspecified atom stereocenters. The number of ether oxygens (including phenoxy) is 2. The van der Waals surface area contributed by atoms with E-state index in [0.29, 0.717) is 23.5 Å². The van der Waals surface area contributed by atoms with E-state index in [1.165, 1.54) is 43.7 Å². The van der Waals surface area contributed by atoms with Gasteiger partial charge in [0.05, 0.1) is 19.9 Å². The third-order valence-corrected chi connectivity index (χ3v) is 7.89. The summed E-state index contributed by atoms with van der Waals surface area (Å²) in [7, 11) is -2.62. The molecule has 0 saturated carbocycles. The zero-order chi connectivity index (χ0) is 32.0. The Morgan fingerprint density at radius 1 is 0.930 bits per heavy atom. The van der Waals surface area contributed by atoms with Crippen LogP contribution in [0.5, 0.6) is 23.0 Å². The van der Waals surface area contributed by atoms with Crippen molar-refractivity contribution in [2.75, 3.05) is 13.7 Å². The van der Waals surface area contributed by atoms with Gasteiger partial charge in [-0.1, -0.05) is 53.7 Å². The minimum atomic E-state index is -4.11. The van der Waals surface area contributed by atoms with Gasteiger partial charge in [0.1, 0.15) is 16.4 Å². The monoisotopic (exact) mass is 610 g/mol. The van der Waals surface area contributed by atoms with Crippen molar-refractivity contribution in [1.82, 2.24) is 5.43 Å². The highest BCUT2D eigenvalue weighted by atomic mass is 32.2. The summed E-state index contributed by atoms with van der Waals surface area (Å²) in [5.74, 6) is 0.798. The molecule has 0 saturated heterocycles. The summed E-state index contributed by atoms with van der Waals surface area (Å²) in [6.45, 7) is 14.4. The molecular formula is C33H42N2O7S. The Hall–Kier alpha value is -4.05. The largest absolute Gasteiger partial charge is 0.507 e. The molecule has 3 aromatic rings. The Morgan fingerprint density at radius 2 is 1.53 bits per heavy atom. The number of amides is 1. The van der Waals surface area contributed by atoms with Crippen LogP contribution < -0.4 is 19.1 Å². The van der Waals surface area contributed by atoms with Gasteiger partial charge in [-0.2, -0.15) is 13.5 Å². The van der Waals surface area contributed by atoms with Crippen molar-refractivity contribution in [1.29, 1.82) is 0 Å². The molecule has 1 amide bonds. The molecule has 10 heteroatoms. The Kier molecular flexibility index (Phi) is 10.5. The first kappa shape index (κ1) is 33.5. The fraction of sp³-hybridized carbons (Fsp3) is 0.394. The third-order valence-electron chi connectivity index (χ3n) is 6.64. The number of methoxy groups -OCH3 is 1. The van der Waals surface area contributed by atoms with Crippen LogP contribution in [-0.2, 0) is 32.2 Å². The zero-order valence-electron chi connectivity index (χ0n) is 26.1. The summed E-state index contributed by atoms with van der Waals surface area (Å²) < 4.78 is 41.6. The summed E-state index contributed by atoms with van der Waals surface area (Å²) in [4.78, 5) is 12.6. The van der Waals surface area contributed by atoms with Crippen LogP contribution in [0.1, 0.15) is 77.1 Å². The average molecular weight is 611 g/mol. The van der Waals surface area contributed by atoms with Crippen LogP contribution in [-0.4, -0.2) is 39.4 Å². The van der Waals surface area contributed by atoms with Gasteiger partial charge in [0, 0.05) is 6.42 Å². The minimum absolute atomic E-state index is 0.0250. The number of carbonyl (C=O) groups excluding carboxylic acids is 1. The molecule has 0 bridgehead atoms. The smallest absolute Gasteiger partial charge is 0.339 e. The summed E-state index contributed by atoms with van der Waals surface area (Å²) in [6.07, 6.45) is 2.13. The second kappa shape index (κ2) is 13.5. The lowest BCUT2D eigenvalue weighted by Gasteiger charge is -2.28. The first-order valence-electron chi connectivity index (χ1n) is 14.1. The van der Waals surface area contributed by atoms with Gasteiger partial charge in [-0.3, -0.25) is 4.79 Å². The molecule has 0 spiro atoms. The number of nitrogens with zero attached hydrogens (tertiary/aromatic N) is 1. The Bertz CT molecular complexity index is 1530. The minimum Gasteiger partial charge on any atom is -0.507 e. The maximum atomic E-state index is 12.8. The lowest BCUT2D eigenvalue weighted by molar-refractivity contribution is -0.121. The number of nitrogens with one attached hydrogen (secondary N) is 1. The standard InChI is InChI=1S/C33H42N2O7S/c1-9-41-29-20-23(10-16-28(29)42-43(38,39)25-14-12-24(40-8)13-15-25)21-34-35-30(36)17-11-22-18-26(32(2,3)4)31(37)27(19-22)33(5,6)7/h10,12-16,18-21,37H,9,11,17H2,1-8H3,(H,35,36)/b34-21-. The second-order valence-corrected chi connectivity index (χ2v) is 13.7. The summed E-state index contributed by atoms with van der Waals surface area (Å²) in [6, 6.07) is 14.4. The number of hydrogen-bond donors (Lipinski definition) is 2. The SMILES string of the molecule is CCOc1cc(/C=N\NC(=O)CCc2cc(C(C)(C)C)c(O)c(C(C)(C)C)c2)ccc1OS(=O)(=O)c1ccc(OC)cc1. The Morgan fingerprint density at radius 3 is 2.07 bits per heavy atom. The molecule has 3 aromatic carbocycles. The van der Waals surface area contributed by atoms with E-state index in [0.717, 1.165) is 16.7 Å². The summed E-state index contributed by atoms with van der Waals surface area (Å²) in [5, 5.41) is 15.0. The van der Waals surface area contributed by atoms with Gasteiger partial charge < -0.3 is 18.8 Å². The van der Waals surface area contributed by atoms with Crippen molar-refractivity contribution in [2.24, 2.45) is 5.10 Å². The fourth-order valence-electron chi connectivity index (χ4n) is 4.33. The van der Waals surface area contributed by atoms with Crippen LogP contribution in [0.3, 0.4) is 0 Å². The van der Waals surface area contributed by atoms with E-state index in [-0.39, 0.29) is 46.2 Å². The van der Waals surface area contributed by atoms with E-state index < -0.39 is 10.1 Å². The Labute approximate surface area is 255 Å². The van der Waals surface area contributed by atoms with Gasteiger partial charge in [-0.15, -0.1) is 0 Å². The molecule has 2 N–H and O–H groups in total. The van der Waals surface area contributed by atoms with Crippen LogP contribution in [0.25, 0.3) is 0 Å². The van der Waals surface area contributed by atoms with Gasteiger partial charge >= 0.3 is 10.1 Å². The van der Waals surface area contributed by atoms with E-state index >= 15 is 0 Å². The molecule has 232 valence electrons. The van der Waals surface area contributed by atoms with Crippen LogP contribution in [0.2, 0.25) is 0 Å². The molecular weight excluding hydrogens is 568 g/mol. The lowest BCUT2D eigenvalue weighted by atomic mass is 9.78. The zero-order valence-corrected chi connectivity index (χ0v) is 27.0. The molecule has 0 aromatic heterocycles. The highest BCUT2D eigenvalue weighted by Crippen LogP contribution is 2.40. The maximum Gasteiger partial charge on any atom is 0.339 e. The fourth-order valence-corrected chi connectivity index (χ4v) is 5.27. The van der Waals surface area contributed by atoms with Gasteiger partial charge in [-0.05, 0) is 88.9 Å². The molecule has 0 aliphatic carbocycles. The topological polar surface area (TPSA) is 124 Å². The van der Waals surface area contributed by atoms with Crippen molar-refractivity contribution in [2.45, 2.75) is 77.0 Å². The van der Waals surface area contributed by atoms with Crippen molar-refractivity contribution >= 4 is 22.2 Å². The van der Waals surface area contributed by atoms with Gasteiger partial charge in [0.15, 0.2) is 11.5 Å². The molecule has 0 aliphatic heterocycles. The van der Waals surface area contributed by atoms with Crippen molar-refractivity contribution in [3.05, 3.63) is 76.9 Å². The van der Waals surface area contributed by atoms with Crippen LogP contribution in [0.4, 0.5) is 0 Å². The van der Waals surface area contributed by atoms with E-state index in [9.17, 15) is 18.3 Å². The number of rotatable bonds is 11. The first-order valence-corrected chi connectivity index (χ1v) is 15.5. The molecule has 43 heavy (non-hydrogen) atoms. The summed E-state index contributed by atoms with van der Waals surface area (Å²) >= 11 is 0. The molecule has 0 aliphatic rings. The van der Waals surface area contributed by atoms with E-state index in [1.54, 1.807) is 19.1 Å². The molecule has 0 atom stereocenters. The predicted molar refractivity (Wildman–Crippen MR) is 168 cm³/mol. The average Bonchev–Trinajstić information content (AvgIpc) is 2.92. The number of hydrazone groups is 1. The third kappa shape index (κ3) is 8.97. The van der Waals surface area contributed by atoms with E-state index in [4.69, 9.17) is 13.7 Å². The number of hydrogen-bond acceptors (Lipinski definition) is 8. The second-order valence-electron chi connectivity index (χ2n) is 12.2. The van der Waals surface area contributed by atoms with Gasteiger partial charge in [0.2, 0.25) is 5.91 Å². The first-order chi connectivity index (χ1) is 20.0. The number of benzene rings is 3. The maximum absolute atomic E-state index is 12.8. The van der Waals surface area contributed by atoms with Crippen molar-refractivity contribution in [3.63, 3.8) is 0 Å². The van der Waals surface area contributed by atoms with E-state index in [2.05, 4.69) is 52.1 Å². The highest BCUT2D eigenvalue weighted by Gasteiger charge is 2.26. The quantitative estimate of drug-likeness (QED) is 0.150. The molecule has 0 fully saturated rings. The number of aryl methyl sites for hydroxylation is 1. The molecule has 3 rings (SSSR count). The van der Waals surface area contributed by atoms with Crippen molar-refractivity contribution < 1.29 is 32.0 Å². The predicted octanol–water partition coefficient (Wildman–Crippen LogP) is 6.25.